The van der Waals surface area contributed by atoms with E-state index in [-0.39, 0.29) is 0 Å². The molecule has 0 bridgehead atoms. The van der Waals surface area contributed by atoms with Crippen LogP contribution in [0.3, 0.4) is 0 Å². The first-order valence-electron chi connectivity index (χ1n) is 4.89. The Hall–Kier alpha value is -0.760. The maximum atomic E-state index is 5.91. The summed E-state index contributed by atoms with van der Waals surface area (Å²) < 4.78 is 7.00. The molecule has 0 saturated carbocycles. The molecule has 3 rings (SSSR count). The van der Waals surface area contributed by atoms with E-state index in [0.29, 0.717) is 12.0 Å². The van der Waals surface area contributed by atoms with Gasteiger partial charge in [0.05, 0.1) is 4.47 Å². The third-order valence-corrected chi connectivity index (χ3v) is 3.55. The van der Waals surface area contributed by atoms with Gasteiger partial charge in [0.2, 0.25) is 0 Å². The predicted octanol–water partition coefficient (Wildman–Crippen LogP) is 3.56. The van der Waals surface area contributed by atoms with Crippen molar-refractivity contribution in [1.29, 1.82) is 0 Å². The van der Waals surface area contributed by atoms with Crippen LogP contribution in [0.15, 0.2) is 28.8 Å². The van der Waals surface area contributed by atoms with Crippen LogP contribution in [-0.4, -0.2) is 6.10 Å². The second-order valence-electron chi connectivity index (χ2n) is 4.01. The Morgan fingerprint density at radius 3 is 3.14 bits per heavy atom. The van der Waals surface area contributed by atoms with E-state index in [2.05, 4.69) is 47.1 Å². The van der Waals surface area contributed by atoms with E-state index in [0.717, 1.165) is 16.6 Å². The Bertz CT molecular complexity index is 423. The summed E-state index contributed by atoms with van der Waals surface area (Å²) in [4.78, 5) is 0. The zero-order valence-corrected chi connectivity index (χ0v) is 9.54. The average molecular weight is 251 g/mol. The first kappa shape index (κ1) is 8.54. The van der Waals surface area contributed by atoms with Gasteiger partial charge in [-0.05, 0) is 34.5 Å². The van der Waals surface area contributed by atoms with Crippen LogP contribution < -0.4 is 4.74 Å². The maximum Gasteiger partial charge on any atom is 0.137 e. The molecule has 72 valence electrons. The number of hydrogen-bond donors (Lipinski definition) is 0. The van der Waals surface area contributed by atoms with Crippen molar-refractivity contribution in [2.45, 2.75) is 25.4 Å². The molecule has 0 aromatic heterocycles. The molecule has 1 aliphatic heterocycles. The van der Waals surface area contributed by atoms with Crippen molar-refractivity contribution < 1.29 is 4.74 Å². The summed E-state index contributed by atoms with van der Waals surface area (Å²) >= 11 is 3.56. The Balaban J connectivity index is 2.19. The smallest absolute Gasteiger partial charge is 0.137 e. The van der Waals surface area contributed by atoms with Crippen molar-refractivity contribution in [1.82, 2.24) is 0 Å². The lowest BCUT2D eigenvalue weighted by atomic mass is 9.97. The lowest BCUT2D eigenvalue weighted by Crippen LogP contribution is -2.11. The number of fused-ring (bicyclic) bond motifs is 3. The molecule has 0 saturated heterocycles. The summed E-state index contributed by atoms with van der Waals surface area (Å²) in [6.45, 7) is 2.12. The van der Waals surface area contributed by atoms with Crippen molar-refractivity contribution in [3.8, 4) is 5.75 Å². The molecule has 0 fully saturated rings. The number of hydrogen-bond acceptors (Lipinski definition) is 1. The fraction of sp³-hybridized carbons (Fsp3) is 0.333. The van der Waals surface area contributed by atoms with Gasteiger partial charge in [-0.25, -0.2) is 0 Å². The molecule has 0 unspecified atom stereocenters. The van der Waals surface area contributed by atoms with Gasteiger partial charge in [-0.1, -0.05) is 18.2 Å². The van der Waals surface area contributed by atoms with Gasteiger partial charge in [0.1, 0.15) is 11.9 Å². The summed E-state index contributed by atoms with van der Waals surface area (Å²) in [7, 11) is 0. The van der Waals surface area contributed by atoms with Gasteiger partial charge in [0.15, 0.2) is 0 Å². The third kappa shape index (κ3) is 1.07. The molecule has 2 heteroatoms. The van der Waals surface area contributed by atoms with Gasteiger partial charge >= 0.3 is 0 Å². The predicted molar refractivity (Wildman–Crippen MR) is 59.8 cm³/mol. The molecule has 0 radical (unpaired) electrons. The Kier molecular flexibility index (Phi) is 1.75. The second-order valence-corrected chi connectivity index (χ2v) is 4.87. The lowest BCUT2D eigenvalue weighted by Gasteiger charge is -2.07. The SMILES string of the molecule is Cc1cc(Br)c2c(c1)[C@H]1C=CC[C@H]1O2. The maximum absolute atomic E-state index is 5.91. The summed E-state index contributed by atoms with van der Waals surface area (Å²) in [6.07, 6.45) is 5.88. The minimum atomic E-state index is 0.350. The molecule has 1 heterocycles. The van der Waals surface area contributed by atoms with E-state index >= 15 is 0 Å². The molecule has 0 N–H and O–H groups in total. The third-order valence-electron chi connectivity index (χ3n) is 2.96. The highest BCUT2D eigenvalue weighted by Gasteiger charge is 2.35. The van der Waals surface area contributed by atoms with Gasteiger partial charge < -0.3 is 4.74 Å². The minimum Gasteiger partial charge on any atom is -0.488 e. The van der Waals surface area contributed by atoms with E-state index in [1.807, 2.05) is 0 Å². The summed E-state index contributed by atoms with van der Waals surface area (Å²) in [5, 5.41) is 0. The van der Waals surface area contributed by atoms with Crippen molar-refractivity contribution in [2.75, 3.05) is 0 Å². The molecule has 2 atom stereocenters. The van der Waals surface area contributed by atoms with Crippen molar-refractivity contribution in [2.24, 2.45) is 0 Å². The highest BCUT2D eigenvalue weighted by Crippen LogP contribution is 2.47. The number of rotatable bonds is 0. The van der Waals surface area contributed by atoms with Gasteiger partial charge in [-0.3, -0.25) is 0 Å². The Morgan fingerprint density at radius 1 is 1.43 bits per heavy atom. The highest BCUT2D eigenvalue weighted by atomic mass is 79.9. The van der Waals surface area contributed by atoms with Gasteiger partial charge in [0.25, 0.3) is 0 Å². The van der Waals surface area contributed by atoms with Crippen LogP contribution in [0.25, 0.3) is 0 Å². The van der Waals surface area contributed by atoms with Crippen molar-refractivity contribution >= 4 is 15.9 Å². The lowest BCUT2D eigenvalue weighted by molar-refractivity contribution is 0.231. The Morgan fingerprint density at radius 2 is 2.29 bits per heavy atom. The van der Waals surface area contributed by atoms with Crippen LogP contribution in [0.1, 0.15) is 23.5 Å². The monoisotopic (exact) mass is 250 g/mol. The molecule has 2 aliphatic rings. The van der Waals surface area contributed by atoms with Gasteiger partial charge in [-0.2, -0.15) is 0 Å². The molecule has 1 aromatic carbocycles. The molecule has 1 nitrogen and oxygen atoms in total. The zero-order chi connectivity index (χ0) is 9.71. The zero-order valence-electron chi connectivity index (χ0n) is 7.96. The van der Waals surface area contributed by atoms with Crippen molar-refractivity contribution in [3.63, 3.8) is 0 Å². The van der Waals surface area contributed by atoms with Crippen LogP contribution in [0.4, 0.5) is 0 Å². The van der Waals surface area contributed by atoms with E-state index < -0.39 is 0 Å². The largest absolute Gasteiger partial charge is 0.488 e. The number of halogens is 1. The number of aryl methyl sites for hydroxylation is 1. The van der Waals surface area contributed by atoms with E-state index in [4.69, 9.17) is 4.74 Å². The topological polar surface area (TPSA) is 9.23 Å². The van der Waals surface area contributed by atoms with Crippen LogP contribution in [0, 0.1) is 6.92 Å². The van der Waals surface area contributed by atoms with Crippen LogP contribution in [0.5, 0.6) is 5.75 Å². The molecule has 14 heavy (non-hydrogen) atoms. The summed E-state index contributed by atoms with van der Waals surface area (Å²) in [5.41, 5.74) is 2.64. The van der Waals surface area contributed by atoms with E-state index in [1.54, 1.807) is 0 Å². The molecular formula is C12H11BrO. The molecular weight excluding hydrogens is 240 g/mol. The van der Waals surface area contributed by atoms with E-state index in [9.17, 15) is 0 Å². The first-order valence-corrected chi connectivity index (χ1v) is 5.68. The van der Waals surface area contributed by atoms with Crippen LogP contribution in [0.2, 0.25) is 0 Å². The quantitative estimate of drug-likeness (QED) is 0.640. The Labute approximate surface area is 91.9 Å². The molecule has 0 spiro atoms. The fourth-order valence-electron chi connectivity index (χ4n) is 2.33. The summed E-state index contributed by atoms with van der Waals surface area (Å²) in [5.74, 6) is 1.54. The van der Waals surface area contributed by atoms with Gasteiger partial charge in [-0.15, -0.1) is 0 Å². The second kappa shape index (κ2) is 2.86. The fourth-order valence-corrected chi connectivity index (χ4v) is 3.02. The average Bonchev–Trinajstić information content (AvgIpc) is 2.65. The van der Waals surface area contributed by atoms with Crippen molar-refractivity contribution in [3.05, 3.63) is 39.9 Å². The van der Waals surface area contributed by atoms with Crippen LogP contribution >= 0.6 is 15.9 Å². The number of benzene rings is 1. The normalized spacial score (nSPS) is 27.3. The summed E-state index contributed by atoms with van der Waals surface area (Å²) in [6, 6.07) is 4.35. The molecule has 1 aliphatic carbocycles. The first-order chi connectivity index (χ1) is 6.75. The molecule has 0 amide bonds. The minimum absolute atomic E-state index is 0.350. The van der Waals surface area contributed by atoms with Crippen LogP contribution in [-0.2, 0) is 0 Å². The van der Waals surface area contributed by atoms with E-state index in [1.165, 1.54) is 11.1 Å². The number of ether oxygens (including phenoxy) is 1. The van der Waals surface area contributed by atoms with Gasteiger partial charge in [0, 0.05) is 17.9 Å². The molecule has 1 aromatic rings. The standard InChI is InChI=1S/C12H11BrO/c1-7-5-9-8-3-2-4-11(8)14-12(9)10(13)6-7/h2-3,5-6,8,11H,4H2,1H3/t8-,11-/m1/s1. The highest BCUT2D eigenvalue weighted by molar-refractivity contribution is 9.10.